The molecule has 0 aliphatic carbocycles. The van der Waals surface area contributed by atoms with Crippen molar-refractivity contribution >= 4 is 50.5 Å². The van der Waals surface area contributed by atoms with E-state index in [1.54, 1.807) is 13.2 Å². The first-order chi connectivity index (χ1) is 14.8. The number of rotatable bonds is 8. The van der Waals surface area contributed by atoms with Crippen molar-refractivity contribution in [3.8, 4) is 0 Å². The van der Waals surface area contributed by atoms with Crippen LogP contribution in [0.5, 0.6) is 0 Å². The number of sulfonamides is 1. The van der Waals surface area contributed by atoms with Gasteiger partial charge in [0.2, 0.25) is 15.9 Å². The molecule has 7 nitrogen and oxygen atoms in total. The summed E-state index contributed by atoms with van der Waals surface area (Å²) in [7, 11) is -2.18. The summed E-state index contributed by atoms with van der Waals surface area (Å²) in [4.78, 5) is 14.3. The van der Waals surface area contributed by atoms with Crippen molar-refractivity contribution in [2.24, 2.45) is 0 Å². The summed E-state index contributed by atoms with van der Waals surface area (Å²) in [5, 5.41) is 2.82. The van der Waals surface area contributed by atoms with E-state index in [0.29, 0.717) is 11.8 Å². The van der Waals surface area contributed by atoms with Gasteiger partial charge in [-0.15, -0.1) is 0 Å². The molecule has 0 atom stereocenters. The fourth-order valence-corrected chi connectivity index (χ4v) is 5.61. The number of ether oxygens (including phenoxy) is 1. The Morgan fingerprint density at radius 1 is 1.10 bits per heavy atom. The number of methoxy groups -OCH3 is 1. The lowest BCUT2D eigenvalue weighted by Gasteiger charge is -2.33. The van der Waals surface area contributed by atoms with Crippen LogP contribution in [-0.4, -0.2) is 47.2 Å². The lowest BCUT2D eigenvalue weighted by Crippen LogP contribution is -2.36. The predicted octanol–water partition coefficient (Wildman–Crippen LogP) is 3.92. The summed E-state index contributed by atoms with van der Waals surface area (Å²) in [6.07, 6.45) is 2.27. The Morgan fingerprint density at radius 2 is 1.71 bits per heavy atom. The van der Waals surface area contributed by atoms with E-state index >= 15 is 0 Å². The first-order valence-electron chi connectivity index (χ1n) is 9.91. The topological polar surface area (TPSA) is 87.7 Å². The number of benzene rings is 2. The highest BCUT2D eigenvalue weighted by Crippen LogP contribution is 2.28. The summed E-state index contributed by atoms with van der Waals surface area (Å²) in [5.74, 6) is -0.304. The van der Waals surface area contributed by atoms with Crippen LogP contribution in [-0.2, 0) is 19.6 Å². The Labute approximate surface area is 192 Å². The quantitative estimate of drug-likeness (QED) is 0.591. The van der Waals surface area contributed by atoms with Crippen LogP contribution in [0.25, 0.3) is 0 Å². The van der Waals surface area contributed by atoms with Gasteiger partial charge in [0, 0.05) is 44.5 Å². The largest absolute Gasteiger partial charge is 0.381 e. The minimum absolute atomic E-state index is 0.0241. The number of carbonyl (C=O) groups excluding carboxylic acids is 1. The van der Waals surface area contributed by atoms with Gasteiger partial charge in [0.15, 0.2) is 0 Å². The van der Waals surface area contributed by atoms with E-state index in [1.807, 2.05) is 24.3 Å². The third-order valence-electron chi connectivity index (χ3n) is 5.12. The van der Waals surface area contributed by atoms with Crippen LogP contribution in [0.3, 0.4) is 0 Å². The highest BCUT2D eigenvalue weighted by molar-refractivity contribution is 7.89. The lowest BCUT2D eigenvalue weighted by atomic mass is 10.1. The maximum Gasteiger partial charge on any atom is 0.243 e. The third kappa shape index (κ3) is 6.33. The van der Waals surface area contributed by atoms with E-state index in [0.717, 1.165) is 31.6 Å². The summed E-state index contributed by atoms with van der Waals surface area (Å²) >= 11 is 11.9. The molecule has 0 spiro atoms. The fourth-order valence-electron chi connectivity index (χ4n) is 3.44. The SMILES string of the molecule is COC1CCN(c2ccc(NC(=O)CCNS(=O)(=O)c3c(Cl)cccc3Cl)cc2)CC1. The molecule has 1 fully saturated rings. The molecular formula is C21H25Cl2N3O4S. The molecule has 1 aliphatic rings. The Morgan fingerprint density at radius 3 is 2.29 bits per heavy atom. The molecular weight excluding hydrogens is 461 g/mol. The Hall–Kier alpha value is -1.84. The van der Waals surface area contributed by atoms with Crippen molar-refractivity contribution in [1.82, 2.24) is 4.72 Å². The van der Waals surface area contributed by atoms with Crippen LogP contribution in [0.15, 0.2) is 47.4 Å². The van der Waals surface area contributed by atoms with E-state index in [-0.39, 0.29) is 33.8 Å². The second-order valence-electron chi connectivity index (χ2n) is 7.22. The number of nitrogens with one attached hydrogen (secondary N) is 2. The van der Waals surface area contributed by atoms with Gasteiger partial charge in [0.05, 0.1) is 16.1 Å². The Balaban J connectivity index is 1.49. The Bertz CT molecular complexity index is 988. The molecule has 1 amide bonds. The zero-order chi connectivity index (χ0) is 22.4. The number of piperidine rings is 1. The standard InChI is InChI=1S/C21H25Cl2N3O4S/c1-30-17-10-13-26(14-11-17)16-7-5-15(6-8-16)25-20(27)9-12-24-31(28,29)21-18(22)3-2-4-19(21)23/h2-8,17,24H,9-14H2,1H3,(H,25,27). The number of hydrogen-bond acceptors (Lipinski definition) is 5. The summed E-state index contributed by atoms with van der Waals surface area (Å²) in [5.41, 5.74) is 1.74. The van der Waals surface area contributed by atoms with E-state index in [1.165, 1.54) is 12.1 Å². The van der Waals surface area contributed by atoms with Crippen LogP contribution in [0.1, 0.15) is 19.3 Å². The molecule has 31 heavy (non-hydrogen) atoms. The van der Waals surface area contributed by atoms with E-state index in [4.69, 9.17) is 27.9 Å². The first kappa shape index (κ1) is 23.8. The molecule has 2 aromatic rings. The molecule has 1 heterocycles. The lowest BCUT2D eigenvalue weighted by molar-refractivity contribution is -0.116. The van der Waals surface area contributed by atoms with Gasteiger partial charge in [-0.3, -0.25) is 4.79 Å². The molecule has 2 N–H and O–H groups in total. The predicted molar refractivity (Wildman–Crippen MR) is 124 cm³/mol. The monoisotopic (exact) mass is 485 g/mol. The van der Waals surface area contributed by atoms with Crippen molar-refractivity contribution in [2.45, 2.75) is 30.3 Å². The maximum absolute atomic E-state index is 12.4. The number of hydrogen-bond donors (Lipinski definition) is 2. The third-order valence-corrected chi connectivity index (χ3v) is 7.54. The van der Waals surface area contributed by atoms with E-state index < -0.39 is 10.0 Å². The van der Waals surface area contributed by atoms with Crippen molar-refractivity contribution in [3.05, 3.63) is 52.5 Å². The summed E-state index contributed by atoms with van der Waals surface area (Å²) < 4.78 is 32.6. The molecule has 3 rings (SSSR count). The van der Waals surface area contributed by atoms with E-state index in [9.17, 15) is 13.2 Å². The van der Waals surface area contributed by atoms with Gasteiger partial charge in [-0.05, 0) is 49.2 Å². The van der Waals surface area contributed by atoms with Gasteiger partial charge in [0.1, 0.15) is 4.90 Å². The number of nitrogens with zero attached hydrogens (tertiary/aromatic N) is 1. The van der Waals surface area contributed by atoms with Crippen molar-refractivity contribution < 1.29 is 17.9 Å². The summed E-state index contributed by atoms with van der Waals surface area (Å²) in [6.45, 7) is 1.78. The van der Waals surface area contributed by atoms with Crippen molar-refractivity contribution in [3.63, 3.8) is 0 Å². The van der Waals surface area contributed by atoms with Gasteiger partial charge in [-0.2, -0.15) is 0 Å². The van der Waals surface area contributed by atoms with Crippen LogP contribution >= 0.6 is 23.2 Å². The molecule has 2 aromatic carbocycles. The number of anilines is 2. The molecule has 0 radical (unpaired) electrons. The number of halogens is 2. The average Bonchev–Trinajstić information content (AvgIpc) is 2.74. The Kier molecular flexibility index (Phi) is 8.18. The second-order valence-corrected chi connectivity index (χ2v) is 9.73. The van der Waals surface area contributed by atoms with Crippen molar-refractivity contribution in [2.75, 3.05) is 37.0 Å². The molecule has 0 aromatic heterocycles. The minimum atomic E-state index is -3.92. The number of carbonyl (C=O) groups is 1. The second kappa shape index (κ2) is 10.7. The molecule has 10 heteroatoms. The van der Waals surface area contributed by atoms with Gasteiger partial charge in [-0.1, -0.05) is 29.3 Å². The molecule has 0 unspecified atom stereocenters. The van der Waals surface area contributed by atoms with Gasteiger partial charge in [0.25, 0.3) is 0 Å². The highest BCUT2D eigenvalue weighted by atomic mass is 35.5. The van der Waals surface area contributed by atoms with Crippen LogP contribution in [0.2, 0.25) is 10.0 Å². The molecule has 0 bridgehead atoms. The maximum atomic E-state index is 12.4. The molecule has 1 aliphatic heterocycles. The van der Waals surface area contributed by atoms with Crippen molar-refractivity contribution in [1.29, 1.82) is 0 Å². The zero-order valence-electron chi connectivity index (χ0n) is 17.1. The smallest absolute Gasteiger partial charge is 0.243 e. The molecule has 0 saturated carbocycles. The van der Waals surface area contributed by atoms with E-state index in [2.05, 4.69) is 14.9 Å². The average molecular weight is 486 g/mol. The molecule has 168 valence electrons. The van der Waals surface area contributed by atoms with Gasteiger partial charge >= 0.3 is 0 Å². The zero-order valence-corrected chi connectivity index (χ0v) is 19.4. The summed E-state index contributed by atoms with van der Waals surface area (Å²) in [6, 6.07) is 12.0. The molecule has 1 saturated heterocycles. The van der Waals surface area contributed by atoms with Crippen LogP contribution in [0.4, 0.5) is 11.4 Å². The van der Waals surface area contributed by atoms with Gasteiger partial charge < -0.3 is 15.0 Å². The minimum Gasteiger partial charge on any atom is -0.381 e. The van der Waals surface area contributed by atoms with Gasteiger partial charge in [-0.25, -0.2) is 13.1 Å². The normalized spacial score (nSPS) is 15.1. The number of amides is 1. The van der Waals surface area contributed by atoms with Crippen LogP contribution < -0.4 is 14.9 Å². The van der Waals surface area contributed by atoms with Crippen LogP contribution in [0, 0.1) is 0 Å². The first-order valence-corrected chi connectivity index (χ1v) is 12.2. The highest BCUT2D eigenvalue weighted by Gasteiger charge is 2.21. The fraction of sp³-hybridized carbons (Fsp3) is 0.381.